The molecule has 0 unspecified atom stereocenters. The smallest absolute Gasteiger partial charge is 0.283 e. The SMILES string of the molecule is CN(C)c1cccc2c(S(=O)(=O)n3cccn3)cccc12. The molecule has 0 spiro atoms. The molecule has 21 heavy (non-hydrogen) atoms. The Balaban J connectivity index is 2.33. The second-order valence-corrected chi connectivity index (χ2v) is 6.67. The van der Waals surface area contributed by atoms with Crippen LogP contribution in [0.3, 0.4) is 0 Å². The number of benzene rings is 2. The van der Waals surface area contributed by atoms with E-state index in [0.717, 1.165) is 15.2 Å². The van der Waals surface area contributed by atoms with E-state index in [2.05, 4.69) is 5.10 Å². The molecule has 0 saturated heterocycles. The topological polar surface area (TPSA) is 55.2 Å². The van der Waals surface area contributed by atoms with Crippen molar-refractivity contribution in [2.45, 2.75) is 4.90 Å². The summed E-state index contributed by atoms with van der Waals surface area (Å²) < 4.78 is 26.3. The monoisotopic (exact) mass is 301 g/mol. The number of hydrogen-bond acceptors (Lipinski definition) is 4. The van der Waals surface area contributed by atoms with Crippen LogP contribution in [0, 0.1) is 0 Å². The number of anilines is 1. The zero-order chi connectivity index (χ0) is 15.0. The predicted octanol–water partition coefficient (Wildman–Crippen LogP) is 2.34. The van der Waals surface area contributed by atoms with Crippen molar-refractivity contribution in [1.29, 1.82) is 0 Å². The second kappa shape index (κ2) is 4.89. The van der Waals surface area contributed by atoms with Crippen LogP contribution >= 0.6 is 0 Å². The van der Waals surface area contributed by atoms with Gasteiger partial charge in [-0.2, -0.15) is 17.6 Å². The minimum Gasteiger partial charge on any atom is -0.377 e. The standard InChI is InChI=1S/C15H15N3O2S/c1-17(2)14-8-3-7-13-12(14)6-4-9-15(13)21(19,20)18-11-5-10-16-18/h3-11H,1-2H3. The van der Waals surface area contributed by atoms with Crippen LogP contribution < -0.4 is 4.90 Å². The molecule has 0 N–H and O–H groups in total. The first kappa shape index (κ1) is 13.6. The highest BCUT2D eigenvalue weighted by Gasteiger charge is 2.20. The lowest BCUT2D eigenvalue weighted by atomic mass is 10.1. The van der Waals surface area contributed by atoms with Gasteiger partial charge in [-0.1, -0.05) is 24.3 Å². The van der Waals surface area contributed by atoms with Crippen molar-refractivity contribution in [3.63, 3.8) is 0 Å². The Morgan fingerprint density at radius 2 is 1.71 bits per heavy atom. The first-order chi connectivity index (χ1) is 10.0. The number of nitrogens with zero attached hydrogens (tertiary/aromatic N) is 3. The number of fused-ring (bicyclic) bond motifs is 1. The normalized spacial score (nSPS) is 11.7. The Morgan fingerprint density at radius 3 is 2.38 bits per heavy atom. The van der Waals surface area contributed by atoms with Gasteiger partial charge in [-0.05, 0) is 18.2 Å². The molecule has 108 valence electrons. The van der Waals surface area contributed by atoms with E-state index in [-0.39, 0.29) is 4.90 Å². The lowest BCUT2D eigenvalue weighted by Crippen LogP contribution is -2.14. The molecule has 0 amide bonds. The molecule has 0 bridgehead atoms. The van der Waals surface area contributed by atoms with Crippen molar-refractivity contribution in [3.8, 4) is 0 Å². The number of rotatable bonds is 3. The molecule has 0 aliphatic heterocycles. The van der Waals surface area contributed by atoms with Crippen LogP contribution in [-0.4, -0.2) is 31.7 Å². The van der Waals surface area contributed by atoms with Gasteiger partial charge in [0.2, 0.25) is 0 Å². The fourth-order valence-corrected chi connectivity index (χ4v) is 3.69. The van der Waals surface area contributed by atoms with Gasteiger partial charge in [0.15, 0.2) is 0 Å². The molecule has 1 heterocycles. The van der Waals surface area contributed by atoms with E-state index in [0.29, 0.717) is 5.39 Å². The van der Waals surface area contributed by atoms with Gasteiger partial charge >= 0.3 is 0 Å². The van der Waals surface area contributed by atoms with Crippen molar-refractivity contribution in [3.05, 3.63) is 54.9 Å². The summed E-state index contributed by atoms with van der Waals surface area (Å²) in [7, 11) is 0.190. The highest BCUT2D eigenvalue weighted by atomic mass is 32.2. The highest BCUT2D eigenvalue weighted by Crippen LogP contribution is 2.30. The highest BCUT2D eigenvalue weighted by molar-refractivity contribution is 7.90. The molecule has 0 atom stereocenters. The lowest BCUT2D eigenvalue weighted by Gasteiger charge is -2.16. The lowest BCUT2D eigenvalue weighted by molar-refractivity contribution is 0.581. The minimum atomic E-state index is -3.68. The van der Waals surface area contributed by atoms with Gasteiger partial charge in [0.1, 0.15) is 0 Å². The molecular formula is C15H15N3O2S. The Bertz CT molecular complexity index is 884. The Kier molecular flexibility index (Phi) is 3.17. The van der Waals surface area contributed by atoms with Crippen LogP contribution in [0.4, 0.5) is 5.69 Å². The van der Waals surface area contributed by atoms with E-state index in [1.807, 2.05) is 43.3 Å². The molecule has 1 aromatic heterocycles. The predicted molar refractivity (Wildman–Crippen MR) is 83.1 cm³/mol. The fourth-order valence-electron chi connectivity index (χ4n) is 2.38. The Hall–Kier alpha value is -2.34. The van der Waals surface area contributed by atoms with Crippen LogP contribution in [0.25, 0.3) is 10.8 Å². The van der Waals surface area contributed by atoms with Crippen molar-refractivity contribution >= 4 is 26.5 Å². The largest absolute Gasteiger partial charge is 0.377 e. The number of hydrogen-bond donors (Lipinski definition) is 0. The summed E-state index contributed by atoms with van der Waals surface area (Å²) >= 11 is 0. The summed E-state index contributed by atoms with van der Waals surface area (Å²) in [5, 5.41) is 5.44. The maximum absolute atomic E-state index is 12.7. The van der Waals surface area contributed by atoms with Gasteiger partial charge in [-0.15, -0.1) is 0 Å². The Labute approximate surface area is 123 Å². The molecule has 5 nitrogen and oxygen atoms in total. The third-order valence-corrected chi connectivity index (χ3v) is 4.97. The summed E-state index contributed by atoms with van der Waals surface area (Å²) in [6.07, 6.45) is 2.89. The van der Waals surface area contributed by atoms with E-state index in [1.165, 1.54) is 12.4 Å². The van der Waals surface area contributed by atoms with Crippen molar-refractivity contribution in [1.82, 2.24) is 9.19 Å². The maximum atomic E-state index is 12.7. The molecule has 6 heteroatoms. The molecule has 2 aromatic carbocycles. The van der Waals surface area contributed by atoms with E-state index >= 15 is 0 Å². The van der Waals surface area contributed by atoms with Crippen LogP contribution in [0.5, 0.6) is 0 Å². The summed E-state index contributed by atoms with van der Waals surface area (Å²) in [4.78, 5) is 2.22. The van der Waals surface area contributed by atoms with E-state index in [9.17, 15) is 8.42 Å². The van der Waals surface area contributed by atoms with E-state index in [4.69, 9.17) is 0 Å². The molecule has 3 rings (SSSR count). The summed E-state index contributed by atoms with van der Waals surface area (Å²) in [5.74, 6) is 0. The molecule has 0 saturated carbocycles. The third kappa shape index (κ3) is 2.17. The Morgan fingerprint density at radius 1 is 1.00 bits per heavy atom. The molecule has 0 aliphatic carbocycles. The van der Waals surface area contributed by atoms with Gasteiger partial charge in [-0.3, -0.25) is 0 Å². The number of aromatic nitrogens is 2. The zero-order valence-electron chi connectivity index (χ0n) is 11.8. The van der Waals surface area contributed by atoms with Crippen molar-refractivity contribution in [2.24, 2.45) is 0 Å². The van der Waals surface area contributed by atoms with Crippen molar-refractivity contribution in [2.75, 3.05) is 19.0 Å². The van der Waals surface area contributed by atoms with E-state index < -0.39 is 10.0 Å². The van der Waals surface area contributed by atoms with Crippen LogP contribution in [0.15, 0.2) is 59.8 Å². The second-order valence-electron chi connectivity index (χ2n) is 4.91. The molecular weight excluding hydrogens is 286 g/mol. The van der Waals surface area contributed by atoms with Gasteiger partial charge in [-0.25, -0.2) is 0 Å². The van der Waals surface area contributed by atoms with Crippen LogP contribution in [0.1, 0.15) is 0 Å². The average molecular weight is 301 g/mol. The summed E-state index contributed by atoms with van der Waals surface area (Å²) in [6, 6.07) is 12.5. The van der Waals surface area contributed by atoms with Crippen LogP contribution in [-0.2, 0) is 10.0 Å². The van der Waals surface area contributed by atoms with Crippen molar-refractivity contribution < 1.29 is 8.42 Å². The molecule has 0 aliphatic rings. The quantitative estimate of drug-likeness (QED) is 0.745. The van der Waals surface area contributed by atoms with E-state index in [1.54, 1.807) is 18.2 Å². The average Bonchev–Trinajstić information content (AvgIpc) is 3.00. The van der Waals surface area contributed by atoms with Gasteiger partial charge in [0.25, 0.3) is 10.0 Å². The van der Waals surface area contributed by atoms with Crippen LogP contribution in [0.2, 0.25) is 0 Å². The van der Waals surface area contributed by atoms with Gasteiger partial charge in [0, 0.05) is 36.8 Å². The first-order valence-corrected chi connectivity index (χ1v) is 7.90. The minimum absolute atomic E-state index is 0.257. The first-order valence-electron chi connectivity index (χ1n) is 6.46. The fraction of sp³-hybridized carbons (Fsp3) is 0.133. The van der Waals surface area contributed by atoms with Gasteiger partial charge in [0.05, 0.1) is 11.1 Å². The van der Waals surface area contributed by atoms with Gasteiger partial charge < -0.3 is 4.90 Å². The molecule has 3 aromatic rings. The zero-order valence-corrected chi connectivity index (χ0v) is 12.6. The summed E-state index contributed by atoms with van der Waals surface area (Å²) in [5.41, 5.74) is 0.977. The third-order valence-electron chi connectivity index (χ3n) is 3.35. The summed E-state index contributed by atoms with van der Waals surface area (Å²) in [6.45, 7) is 0. The maximum Gasteiger partial charge on any atom is 0.283 e. The molecule has 0 radical (unpaired) electrons. The molecule has 0 fully saturated rings.